The van der Waals surface area contributed by atoms with Crippen LogP contribution in [-0.2, 0) is 0 Å². The van der Waals surface area contributed by atoms with Gasteiger partial charge in [-0.25, -0.2) is 4.79 Å². The molecule has 1 aromatic rings. The zero-order chi connectivity index (χ0) is 8.27. The molecule has 4 heteroatoms. The monoisotopic (exact) mass is 150 g/mol. The van der Waals surface area contributed by atoms with Gasteiger partial charge in [-0.2, -0.15) is 0 Å². The van der Waals surface area contributed by atoms with E-state index in [0.717, 1.165) is 0 Å². The quantitative estimate of drug-likeness (QED) is 0.629. The number of anilines is 1. The lowest BCUT2D eigenvalue weighted by Crippen LogP contribution is -2.31. The maximum atomic E-state index is 10.6. The molecule has 57 valence electrons. The molecule has 0 aliphatic heterocycles. The van der Waals surface area contributed by atoms with Crippen molar-refractivity contribution in [3.8, 4) is 0 Å². The Morgan fingerprint density at radius 3 is 3.00 bits per heavy atom. The normalized spacial score (nSPS) is 9.18. The number of hydrogen-bond acceptors (Lipinski definition) is 2. The molecule has 1 aromatic heterocycles. The number of hydrogen-bond donors (Lipinski definition) is 1. The van der Waals surface area contributed by atoms with Crippen molar-refractivity contribution in [1.82, 2.24) is 4.98 Å². The molecule has 0 atom stereocenters. The van der Waals surface area contributed by atoms with Gasteiger partial charge in [0.15, 0.2) is 0 Å². The molecule has 0 saturated carbocycles. The molecule has 1 radical (unpaired) electrons. The molecule has 1 heterocycles. The third kappa shape index (κ3) is 1.67. The summed E-state index contributed by atoms with van der Waals surface area (Å²) >= 11 is 0. The molecule has 0 saturated heterocycles. The van der Waals surface area contributed by atoms with E-state index in [1.165, 1.54) is 11.1 Å². The van der Waals surface area contributed by atoms with Gasteiger partial charge in [0.2, 0.25) is 0 Å². The molecule has 0 bridgehead atoms. The highest BCUT2D eigenvalue weighted by atomic mass is 16.2. The highest BCUT2D eigenvalue weighted by Crippen LogP contribution is 2.07. The minimum Gasteiger partial charge on any atom is -0.351 e. The molecule has 0 fully saturated rings. The van der Waals surface area contributed by atoms with Gasteiger partial charge in [-0.05, 0) is 12.1 Å². The maximum Gasteiger partial charge on any atom is 0.319 e. The van der Waals surface area contributed by atoms with Crippen LogP contribution < -0.4 is 10.6 Å². The second kappa shape index (κ2) is 3.01. The van der Waals surface area contributed by atoms with Crippen molar-refractivity contribution in [2.75, 3.05) is 11.9 Å². The number of carbonyl (C=O) groups is 1. The molecule has 0 aliphatic rings. The highest BCUT2D eigenvalue weighted by molar-refractivity contribution is 5.89. The van der Waals surface area contributed by atoms with Gasteiger partial charge in [0.05, 0.1) is 18.1 Å². The second-order valence-electron chi connectivity index (χ2n) is 2.04. The first-order chi connectivity index (χ1) is 5.22. The number of pyridine rings is 1. The van der Waals surface area contributed by atoms with Crippen molar-refractivity contribution in [3.05, 3.63) is 24.5 Å². The second-order valence-corrected chi connectivity index (χ2v) is 2.04. The summed E-state index contributed by atoms with van der Waals surface area (Å²) in [5.41, 5.74) is 5.68. The molecule has 1 rings (SSSR count). The van der Waals surface area contributed by atoms with E-state index in [2.05, 4.69) is 11.2 Å². The summed E-state index contributed by atoms with van der Waals surface area (Å²) in [7, 11) is 1.58. The summed E-state index contributed by atoms with van der Waals surface area (Å²) in [5.74, 6) is 0. The highest BCUT2D eigenvalue weighted by Gasteiger charge is 2.03. The summed E-state index contributed by atoms with van der Waals surface area (Å²) in [4.78, 5) is 15.6. The molecule has 0 spiro atoms. The van der Waals surface area contributed by atoms with Gasteiger partial charge in [-0.15, -0.1) is 0 Å². The average Bonchev–Trinajstić information content (AvgIpc) is 2.05. The van der Waals surface area contributed by atoms with E-state index in [4.69, 9.17) is 5.73 Å². The minimum atomic E-state index is -0.502. The number of carbonyl (C=O) groups excluding carboxylic acids is 1. The van der Waals surface area contributed by atoms with Crippen LogP contribution in [-0.4, -0.2) is 18.1 Å². The van der Waals surface area contributed by atoms with Crippen LogP contribution in [0.3, 0.4) is 0 Å². The fraction of sp³-hybridized carbons (Fsp3) is 0.143. The number of rotatable bonds is 1. The fourth-order valence-corrected chi connectivity index (χ4v) is 0.638. The van der Waals surface area contributed by atoms with Crippen molar-refractivity contribution in [2.45, 2.75) is 0 Å². The van der Waals surface area contributed by atoms with Gasteiger partial charge in [-0.1, -0.05) is 0 Å². The first-order valence-corrected chi connectivity index (χ1v) is 3.07. The number of urea groups is 1. The number of primary amides is 1. The molecular weight excluding hydrogens is 142 g/mol. The zero-order valence-corrected chi connectivity index (χ0v) is 6.11. The average molecular weight is 150 g/mol. The molecule has 11 heavy (non-hydrogen) atoms. The molecule has 0 aliphatic carbocycles. The van der Waals surface area contributed by atoms with Crippen LogP contribution in [0.15, 0.2) is 18.3 Å². The van der Waals surface area contributed by atoms with E-state index in [1.54, 1.807) is 19.2 Å². The molecule has 4 nitrogen and oxygen atoms in total. The van der Waals surface area contributed by atoms with Gasteiger partial charge in [0, 0.05) is 7.05 Å². The third-order valence-corrected chi connectivity index (χ3v) is 1.32. The number of aromatic nitrogens is 1. The Bertz CT molecular complexity index is 247. The van der Waals surface area contributed by atoms with Gasteiger partial charge in [0.1, 0.15) is 0 Å². The van der Waals surface area contributed by atoms with Crippen molar-refractivity contribution < 1.29 is 4.79 Å². The number of amides is 2. The molecule has 0 unspecified atom stereocenters. The summed E-state index contributed by atoms with van der Waals surface area (Å²) in [6, 6.07) is 2.82. The Morgan fingerprint density at radius 2 is 2.55 bits per heavy atom. The van der Waals surface area contributed by atoms with Crippen LogP contribution in [0, 0.1) is 6.20 Å². The lowest BCUT2D eigenvalue weighted by atomic mass is 10.4. The van der Waals surface area contributed by atoms with Gasteiger partial charge < -0.3 is 5.73 Å². The Hall–Kier alpha value is -1.58. The Morgan fingerprint density at radius 1 is 1.82 bits per heavy atom. The van der Waals surface area contributed by atoms with Crippen LogP contribution in [0.1, 0.15) is 0 Å². The lowest BCUT2D eigenvalue weighted by molar-refractivity contribution is 0.255. The summed E-state index contributed by atoms with van der Waals surface area (Å²) in [5, 5.41) is 0. The van der Waals surface area contributed by atoms with Gasteiger partial charge in [-0.3, -0.25) is 9.88 Å². The van der Waals surface area contributed by atoms with Crippen molar-refractivity contribution in [1.29, 1.82) is 0 Å². The summed E-state index contributed by atoms with van der Waals surface area (Å²) in [6.45, 7) is 0. The van der Waals surface area contributed by atoms with Crippen molar-refractivity contribution in [3.63, 3.8) is 0 Å². The van der Waals surface area contributed by atoms with Crippen LogP contribution in [0.5, 0.6) is 0 Å². The first kappa shape index (κ1) is 7.53. The van der Waals surface area contributed by atoms with E-state index < -0.39 is 6.03 Å². The Kier molecular flexibility index (Phi) is 2.06. The number of nitrogens with two attached hydrogens (primary N) is 1. The van der Waals surface area contributed by atoms with E-state index >= 15 is 0 Å². The fourth-order valence-electron chi connectivity index (χ4n) is 0.638. The maximum absolute atomic E-state index is 10.6. The zero-order valence-electron chi connectivity index (χ0n) is 6.11. The molecule has 2 N–H and O–H groups in total. The molecule has 2 amide bonds. The SMILES string of the molecule is CN(C(N)=O)c1cc[c]nc1. The van der Waals surface area contributed by atoms with E-state index in [9.17, 15) is 4.79 Å². The Labute approximate surface area is 64.6 Å². The van der Waals surface area contributed by atoms with Crippen LogP contribution in [0.4, 0.5) is 10.5 Å². The first-order valence-electron chi connectivity index (χ1n) is 3.07. The smallest absolute Gasteiger partial charge is 0.319 e. The largest absolute Gasteiger partial charge is 0.351 e. The summed E-state index contributed by atoms with van der Waals surface area (Å²) < 4.78 is 0. The van der Waals surface area contributed by atoms with Crippen molar-refractivity contribution >= 4 is 11.7 Å². The third-order valence-electron chi connectivity index (χ3n) is 1.32. The van der Waals surface area contributed by atoms with E-state index in [0.29, 0.717) is 5.69 Å². The molecule has 0 aromatic carbocycles. The van der Waals surface area contributed by atoms with Crippen LogP contribution >= 0.6 is 0 Å². The Balaban J connectivity index is 2.85. The van der Waals surface area contributed by atoms with Crippen molar-refractivity contribution in [2.24, 2.45) is 5.73 Å². The van der Waals surface area contributed by atoms with Gasteiger partial charge >= 0.3 is 6.03 Å². The minimum absolute atomic E-state index is 0.502. The lowest BCUT2D eigenvalue weighted by Gasteiger charge is -2.12. The molecular formula is C7H8N3O. The number of nitrogens with zero attached hydrogens (tertiary/aromatic N) is 2. The van der Waals surface area contributed by atoms with Crippen LogP contribution in [0.25, 0.3) is 0 Å². The van der Waals surface area contributed by atoms with E-state index in [-0.39, 0.29) is 0 Å². The summed E-state index contributed by atoms with van der Waals surface area (Å²) in [6.07, 6.45) is 4.12. The topological polar surface area (TPSA) is 59.2 Å². The van der Waals surface area contributed by atoms with Crippen LogP contribution in [0.2, 0.25) is 0 Å². The predicted molar refractivity (Wildman–Crippen MR) is 41.1 cm³/mol. The van der Waals surface area contributed by atoms with E-state index in [1.807, 2.05) is 0 Å². The predicted octanol–water partition coefficient (Wildman–Crippen LogP) is 0.397. The standard InChI is InChI=1S/C7H8N3O/c1-10(7(8)11)6-3-2-4-9-5-6/h2-3,5H,1H3,(H2,8,11). The van der Waals surface area contributed by atoms with Gasteiger partial charge in [0.25, 0.3) is 0 Å².